The zero-order valence-corrected chi connectivity index (χ0v) is 28.4. The number of aromatic nitrogens is 3. The number of nitrogens with zero attached hydrogens (tertiary/aromatic N) is 3. The minimum absolute atomic E-state index is 0.172. The minimum Gasteiger partial charge on any atom is -0.437 e. The third kappa shape index (κ3) is 4.05. The fourth-order valence-electron chi connectivity index (χ4n) is 8.55. The summed E-state index contributed by atoms with van der Waals surface area (Å²) in [5.74, 6) is 0.787. The number of para-hydroxylation sites is 1. The van der Waals surface area contributed by atoms with Gasteiger partial charge in [0.2, 0.25) is 5.71 Å². The summed E-state index contributed by atoms with van der Waals surface area (Å²) in [7, 11) is 0. The lowest BCUT2D eigenvalue weighted by Gasteiger charge is -2.26. The summed E-state index contributed by atoms with van der Waals surface area (Å²) in [5.41, 5.74) is 13.4. The van der Waals surface area contributed by atoms with Crippen LogP contribution in [0.15, 0.2) is 132 Å². The molecule has 50 heavy (non-hydrogen) atoms. The van der Waals surface area contributed by atoms with Gasteiger partial charge in [0.15, 0.2) is 0 Å². The summed E-state index contributed by atoms with van der Waals surface area (Å²) in [6.45, 7) is 9.14. The van der Waals surface area contributed by atoms with E-state index in [1.807, 2.05) is 36.4 Å². The standard InChI is InChI=1S/C46H35N3O/c1-27-25-37-33-17-10-11-20-38(33)46(3,4)40(37)28(2)42(27)49-39-24-21-30-15-8-9-16-32(30)41(39)48-44(49)36-19-12-18-34-35-23-22-31(47-45(35)50-43(34)36)26-29-13-6-5-7-14-29/h5-25H,26H2,1-4H3/i26D2. The van der Waals surface area contributed by atoms with E-state index in [1.54, 1.807) is 18.2 Å². The predicted octanol–water partition coefficient (Wildman–Crippen LogP) is 11.7. The first-order chi connectivity index (χ1) is 25.1. The third-order valence-electron chi connectivity index (χ3n) is 10.7. The van der Waals surface area contributed by atoms with E-state index in [0.717, 1.165) is 49.7 Å². The number of furan rings is 1. The number of rotatable bonds is 4. The second-order valence-electron chi connectivity index (χ2n) is 14.0. The van der Waals surface area contributed by atoms with E-state index >= 15 is 0 Å². The van der Waals surface area contributed by atoms with E-state index in [0.29, 0.717) is 22.6 Å². The quantitative estimate of drug-likeness (QED) is 0.191. The molecular formula is C46H35N3O. The molecule has 1 aliphatic rings. The maximum Gasteiger partial charge on any atom is 0.227 e. The van der Waals surface area contributed by atoms with Gasteiger partial charge < -0.3 is 4.42 Å². The Bertz CT molecular complexity index is 2940. The number of imidazole rings is 1. The summed E-state index contributed by atoms with van der Waals surface area (Å²) in [4.78, 5) is 10.3. The highest BCUT2D eigenvalue weighted by Gasteiger charge is 2.38. The molecule has 1 aliphatic carbocycles. The van der Waals surface area contributed by atoms with Crippen molar-refractivity contribution in [3.63, 3.8) is 0 Å². The zero-order valence-electron chi connectivity index (χ0n) is 30.4. The van der Waals surface area contributed by atoms with Gasteiger partial charge in [-0.05, 0) is 88.5 Å². The van der Waals surface area contributed by atoms with Gasteiger partial charge in [0.05, 0.1) is 22.3 Å². The molecule has 0 amide bonds. The van der Waals surface area contributed by atoms with Gasteiger partial charge in [0.25, 0.3) is 0 Å². The van der Waals surface area contributed by atoms with Crippen molar-refractivity contribution in [3.8, 4) is 28.2 Å². The molecule has 9 aromatic rings. The van der Waals surface area contributed by atoms with Gasteiger partial charge >= 0.3 is 0 Å². The topological polar surface area (TPSA) is 43.9 Å². The largest absolute Gasteiger partial charge is 0.437 e. The van der Waals surface area contributed by atoms with Crippen molar-refractivity contribution in [1.29, 1.82) is 0 Å². The van der Waals surface area contributed by atoms with Crippen LogP contribution in [0, 0.1) is 13.8 Å². The first-order valence-electron chi connectivity index (χ1n) is 18.2. The van der Waals surface area contributed by atoms with E-state index in [1.165, 1.54) is 33.4 Å². The summed E-state index contributed by atoms with van der Waals surface area (Å²) in [6, 6.07) is 43.0. The molecule has 240 valence electrons. The molecule has 0 saturated carbocycles. The van der Waals surface area contributed by atoms with Crippen LogP contribution in [-0.4, -0.2) is 14.5 Å². The van der Waals surface area contributed by atoms with Crippen LogP contribution in [0.1, 0.15) is 50.1 Å². The smallest absolute Gasteiger partial charge is 0.227 e. The highest BCUT2D eigenvalue weighted by Crippen LogP contribution is 2.52. The molecule has 0 atom stereocenters. The normalized spacial score (nSPS) is 14.3. The Morgan fingerprint density at radius 3 is 2.34 bits per heavy atom. The van der Waals surface area contributed by atoms with Crippen LogP contribution >= 0.6 is 0 Å². The highest BCUT2D eigenvalue weighted by molar-refractivity contribution is 6.10. The Labute approximate surface area is 293 Å². The molecule has 0 N–H and O–H groups in total. The van der Waals surface area contributed by atoms with Crippen LogP contribution in [-0.2, 0) is 11.8 Å². The van der Waals surface area contributed by atoms with Gasteiger partial charge in [0.1, 0.15) is 11.4 Å². The van der Waals surface area contributed by atoms with Crippen molar-refractivity contribution in [1.82, 2.24) is 14.5 Å². The minimum atomic E-state index is -1.79. The molecule has 4 nitrogen and oxygen atoms in total. The monoisotopic (exact) mass is 647 g/mol. The molecule has 0 unspecified atom stereocenters. The molecule has 3 aromatic heterocycles. The molecule has 3 heterocycles. The molecule has 0 radical (unpaired) electrons. The second kappa shape index (κ2) is 10.5. The Morgan fingerprint density at radius 1 is 0.700 bits per heavy atom. The number of aryl methyl sites for hydroxylation is 1. The molecule has 4 heteroatoms. The molecule has 6 aromatic carbocycles. The number of fused-ring (bicyclic) bond motifs is 9. The number of pyridine rings is 1. The SMILES string of the molecule is [2H]C([2H])(c1ccccc1)c1ccc2c(n1)oc1c(-c3nc4c5ccccc5ccc4n3-c3c(C)cc4c(c3C)C(C)(C)c3ccccc3-4)cccc12. The van der Waals surface area contributed by atoms with Crippen LogP contribution < -0.4 is 0 Å². The van der Waals surface area contributed by atoms with Gasteiger partial charge in [0, 0.05) is 36.4 Å². The molecular weight excluding hydrogens is 611 g/mol. The fraction of sp³-hybridized carbons (Fsp3) is 0.130. The molecule has 10 rings (SSSR count). The summed E-state index contributed by atoms with van der Waals surface area (Å²) in [6.07, 6.45) is -1.79. The maximum atomic E-state index is 8.96. The first kappa shape index (κ1) is 26.9. The maximum absolute atomic E-state index is 8.96. The van der Waals surface area contributed by atoms with Gasteiger partial charge in [-0.1, -0.05) is 111 Å². The van der Waals surface area contributed by atoms with Crippen molar-refractivity contribution >= 4 is 43.9 Å². The van der Waals surface area contributed by atoms with E-state index in [4.69, 9.17) is 17.1 Å². The van der Waals surface area contributed by atoms with Gasteiger partial charge in [-0.15, -0.1) is 0 Å². The van der Waals surface area contributed by atoms with E-state index < -0.39 is 6.37 Å². The first-order valence-corrected chi connectivity index (χ1v) is 17.2. The van der Waals surface area contributed by atoms with Crippen molar-refractivity contribution in [2.45, 2.75) is 39.5 Å². The molecule has 0 spiro atoms. The Morgan fingerprint density at radius 2 is 1.46 bits per heavy atom. The summed E-state index contributed by atoms with van der Waals surface area (Å²) in [5, 5.41) is 3.98. The Balaban J connectivity index is 1.26. The van der Waals surface area contributed by atoms with Crippen molar-refractivity contribution in [2.75, 3.05) is 0 Å². The van der Waals surface area contributed by atoms with Gasteiger partial charge in [-0.3, -0.25) is 4.57 Å². The lowest BCUT2D eigenvalue weighted by Crippen LogP contribution is -2.18. The molecule has 0 saturated heterocycles. The second-order valence-corrected chi connectivity index (χ2v) is 14.0. The van der Waals surface area contributed by atoms with E-state index in [2.05, 4.69) is 105 Å². The summed E-state index contributed by atoms with van der Waals surface area (Å²) >= 11 is 0. The lowest BCUT2D eigenvalue weighted by molar-refractivity contribution is 0.651. The average Bonchev–Trinajstić information content (AvgIpc) is 3.80. The number of benzene rings is 6. The fourth-order valence-corrected chi connectivity index (χ4v) is 8.55. The molecule has 0 bridgehead atoms. The van der Waals surface area contributed by atoms with Crippen LogP contribution in [0.2, 0.25) is 0 Å². The average molecular weight is 648 g/mol. The zero-order chi connectivity index (χ0) is 35.5. The van der Waals surface area contributed by atoms with Crippen LogP contribution in [0.5, 0.6) is 0 Å². The molecule has 0 aliphatic heterocycles. The molecule has 0 fully saturated rings. The predicted molar refractivity (Wildman–Crippen MR) is 205 cm³/mol. The Kier molecular flexibility index (Phi) is 5.65. The van der Waals surface area contributed by atoms with Gasteiger partial charge in [-0.2, -0.15) is 0 Å². The van der Waals surface area contributed by atoms with Crippen molar-refractivity contribution < 1.29 is 7.16 Å². The lowest BCUT2D eigenvalue weighted by atomic mass is 9.79. The highest BCUT2D eigenvalue weighted by atomic mass is 16.3. The van der Waals surface area contributed by atoms with E-state index in [-0.39, 0.29) is 5.41 Å². The van der Waals surface area contributed by atoms with E-state index in [9.17, 15) is 0 Å². The number of hydrogen-bond acceptors (Lipinski definition) is 3. The Hall–Kier alpha value is -6.00. The third-order valence-corrected chi connectivity index (χ3v) is 10.7. The van der Waals surface area contributed by atoms with Crippen LogP contribution in [0.3, 0.4) is 0 Å². The number of hydrogen-bond donors (Lipinski definition) is 0. The van der Waals surface area contributed by atoms with Crippen molar-refractivity contribution in [2.24, 2.45) is 0 Å². The van der Waals surface area contributed by atoms with Crippen molar-refractivity contribution in [3.05, 3.63) is 161 Å². The summed E-state index contributed by atoms with van der Waals surface area (Å²) < 4.78 is 26.9. The van der Waals surface area contributed by atoms with Crippen LogP contribution in [0.25, 0.3) is 72.1 Å². The van der Waals surface area contributed by atoms with Gasteiger partial charge in [-0.25, -0.2) is 9.97 Å². The van der Waals surface area contributed by atoms with Crippen LogP contribution in [0.4, 0.5) is 0 Å².